The summed E-state index contributed by atoms with van der Waals surface area (Å²) in [5.74, 6) is 1.36. The maximum absolute atomic E-state index is 11.9. The van der Waals surface area contributed by atoms with Gasteiger partial charge in [0.05, 0.1) is 7.11 Å². The number of hydrogen-bond donors (Lipinski definition) is 1. The van der Waals surface area contributed by atoms with Crippen molar-refractivity contribution in [2.24, 2.45) is 5.92 Å². The minimum absolute atomic E-state index is 0.0999. The molecule has 0 aliphatic heterocycles. The second-order valence-corrected chi connectivity index (χ2v) is 6.24. The van der Waals surface area contributed by atoms with Crippen LogP contribution < -0.4 is 10.1 Å². The van der Waals surface area contributed by atoms with E-state index in [-0.39, 0.29) is 5.91 Å². The SMILES string of the molecule is COc1ccc(CNC(=O)/C=C/c2ccc(CC(C)C)cc2)cc1. The number of benzene rings is 2. The molecule has 24 heavy (non-hydrogen) atoms. The molecule has 0 bridgehead atoms. The van der Waals surface area contributed by atoms with Gasteiger partial charge in [0.25, 0.3) is 0 Å². The lowest BCUT2D eigenvalue weighted by atomic mass is 10.0. The number of carbonyl (C=O) groups excluding carboxylic acids is 1. The summed E-state index contributed by atoms with van der Waals surface area (Å²) in [7, 11) is 1.64. The van der Waals surface area contributed by atoms with Crippen molar-refractivity contribution in [2.45, 2.75) is 26.8 Å². The van der Waals surface area contributed by atoms with Gasteiger partial charge in [0.1, 0.15) is 5.75 Å². The fraction of sp³-hybridized carbons (Fsp3) is 0.286. The van der Waals surface area contributed by atoms with Crippen LogP contribution in [0.15, 0.2) is 54.6 Å². The molecule has 0 radical (unpaired) electrons. The minimum atomic E-state index is -0.0999. The summed E-state index contributed by atoms with van der Waals surface area (Å²) in [5.41, 5.74) is 3.39. The van der Waals surface area contributed by atoms with Crippen molar-refractivity contribution in [3.8, 4) is 5.75 Å². The molecule has 0 aliphatic rings. The van der Waals surface area contributed by atoms with Crippen molar-refractivity contribution in [2.75, 3.05) is 7.11 Å². The van der Waals surface area contributed by atoms with E-state index in [1.54, 1.807) is 13.2 Å². The van der Waals surface area contributed by atoms with E-state index in [2.05, 4.69) is 31.3 Å². The Morgan fingerprint density at radius 2 is 1.67 bits per heavy atom. The zero-order valence-electron chi connectivity index (χ0n) is 14.6. The van der Waals surface area contributed by atoms with E-state index in [1.165, 1.54) is 5.56 Å². The highest BCUT2D eigenvalue weighted by Gasteiger charge is 1.99. The number of nitrogens with one attached hydrogen (secondary N) is 1. The summed E-state index contributed by atoms with van der Waals surface area (Å²) in [6, 6.07) is 16.0. The van der Waals surface area contributed by atoms with Gasteiger partial charge >= 0.3 is 0 Å². The highest BCUT2D eigenvalue weighted by molar-refractivity contribution is 5.91. The Labute approximate surface area is 144 Å². The van der Waals surface area contributed by atoms with Crippen LogP contribution in [0.1, 0.15) is 30.5 Å². The lowest BCUT2D eigenvalue weighted by Crippen LogP contribution is -2.20. The van der Waals surface area contributed by atoms with Gasteiger partial charge in [-0.2, -0.15) is 0 Å². The molecule has 0 spiro atoms. The zero-order chi connectivity index (χ0) is 17.4. The molecular formula is C21H25NO2. The Bertz CT molecular complexity index is 670. The molecule has 0 saturated heterocycles. The molecule has 3 nitrogen and oxygen atoms in total. The fourth-order valence-corrected chi connectivity index (χ4v) is 2.40. The van der Waals surface area contributed by atoms with Crippen molar-refractivity contribution < 1.29 is 9.53 Å². The second kappa shape index (κ2) is 8.92. The molecule has 126 valence electrons. The summed E-state index contributed by atoms with van der Waals surface area (Å²) in [4.78, 5) is 11.9. The monoisotopic (exact) mass is 323 g/mol. The van der Waals surface area contributed by atoms with Gasteiger partial charge in [-0.3, -0.25) is 4.79 Å². The Kier molecular flexibility index (Phi) is 6.62. The van der Waals surface area contributed by atoms with E-state index in [0.717, 1.165) is 23.3 Å². The van der Waals surface area contributed by atoms with E-state index < -0.39 is 0 Å². The van der Waals surface area contributed by atoms with E-state index in [4.69, 9.17) is 4.74 Å². The normalized spacial score (nSPS) is 11.0. The van der Waals surface area contributed by atoms with Crippen molar-refractivity contribution in [3.05, 3.63) is 71.3 Å². The predicted molar refractivity (Wildman–Crippen MR) is 98.9 cm³/mol. The summed E-state index contributed by atoms with van der Waals surface area (Å²) in [5, 5.41) is 2.88. The molecule has 0 aliphatic carbocycles. The van der Waals surface area contributed by atoms with Crippen LogP contribution in [0.5, 0.6) is 5.75 Å². The highest BCUT2D eigenvalue weighted by atomic mass is 16.5. The van der Waals surface area contributed by atoms with Crippen molar-refractivity contribution in [1.82, 2.24) is 5.32 Å². The summed E-state index contributed by atoms with van der Waals surface area (Å²) < 4.78 is 5.11. The summed E-state index contributed by atoms with van der Waals surface area (Å²) in [6.45, 7) is 4.92. The van der Waals surface area contributed by atoms with Gasteiger partial charge < -0.3 is 10.1 Å². The van der Waals surface area contributed by atoms with E-state index in [1.807, 2.05) is 42.5 Å². The molecule has 0 fully saturated rings. The quantitative estimate of drug-likeness (QED) is 0.775. The topological polar surface area (TPSA) is 38.3 Å². The van der Waals surface area contributed by atoms with Crippen LogP contribution >= 0.6 is 0 Å². The van der Waals surface area contributed by atoms with Crippen LogP contribution in [0.4, 0.5) is 0 Å². The minimum Gasteiger partial charge on any atom is -0.497 e. The van der Waals surface area contributed by atoms with Gasteiger partial charge in [-0.1, -0.05) is 50.2 Å². The van der Waals surface area contributed by atoms with Gasteiger partial charge in [-0.25, -0.2) is 0 Å². The molecular weight excluding hydrogens is 298 g/mol. The largest absolute Gasteiger partial charge is 0.497 e. The number of hydrogen-bond acceptors (Lipinski definition) is 2. The van der Waals surface area contributed by atoms with Gasteiger partial charge in [0.2, 0.25) is 5.91 Å². The van der Waals surface area contributed by atoms with Crippen LogP contribution in [0.25, 0.3) is 6.08 Å². The average Bonchev–Trinajstić information content (AvgIpc) is 2.59. The number of amides is 1. The smallest absolute Gasteiger partial charge is 0.244 e. The third-order valence-electron chi connectivity index (χ3n) is 3.68. The highest BCUT2D eigenvalue weighted by Crippen LogP contribution is 2.12. The van der Waals surface area contributed by atoms with E-state index >= 15 is 0 Å². The molecule has 1 amide bonds. The first-order chi connectivity index (χ1) is 11.6. The molecule has 0 saturated carbocycles. The van der Waals surface area contributed by atoms with Gasteiger partial charge in [0.15, 0.2) is 0 Å². The first-order valence-electron chi connectivity index (χ1n) is 8.24. The third-order valence-corrected chi connectivity index (χ3v) is 3.68. The van der Waals surface area contributed by atoms with Crippen molar-refractivity contribution in [1.29, 1.82) is 0 Å². The van der Waals surface area contributed by atoms with Crippen LogP contribution in [0.2, 0.25) is 0 Å². The molecule has 0 unspecified atom stereocenters. The number of rotatable bonds is 7. The van der Waals surface area contributed by atoms with Crippen LogP contribution in [-0.4, -0.2) is 13.0 Å². The van der Waals surface area contributed by atoms with E-state index in [9.17, 15) is 4.79 Å². The van der Waals surface area contributed by atoms with E-state index in [0.29, 0.717) is 12.5 Å². The number of methoxy groups -OCH3 is 1. The van der Waals surface area contributed by atoms with Gasteiger partial charge in [0, 0.05) is 12.6 Å². The summed E-state index contributed by atoms with van der Waals surface area (Å²) >= 11 is 0. The van der Waals surface area contributed by atoms with Crippen LogP contribution in [0.3, 0.4) is 0 Å². The zero-order valence-corrected chi connectivity index (χ0v) is 14.6. The average molecular weight is 323 g/mol. The molecule has 3 heteroatoms. The first kappa shape index (κ1) is 17.8. The summed E-state index contributed by atoms with van der Waals surface area (Å²) in [6.07, 6.45) is 4.48. The molecule has 1 N–H and O–H groups in total. The van der Waals surface area contributed by atoms with Crippen LogP contribution in [-0.2, 0) is 17.8 Å². The van der Waals surface area contributed by atoms with Crippen LogP contribution in [0, 0.1) is 5.92 Å². The lowest BCUT2D eigenvalue weighted by Gasteiger charge is -2.05. The predicted octanol–water partition coefficient (Wildman–Crippen LogP) is 4.22. The van der Waals surface area contributed by atoms with Crippen molar-refractivity contribution in [3.63, 3.8) is 0 Å². The Hall–Kier alpha value is -2.55. The standard InChI is InChI=1S/C21H25NO2/c1-16(2)14-18-6-4-17(5-7-18)10-13-21(23)22-15-19-8-11-20(24-3)12-9-19/h4-13,16H,14-15H2,1-3H3,(H,22,23)/b13-10+. The van der Waals surface area contributed by atoms with Crippen molar-refractivity contribution >= 4 is 12.0 Å². The molecule has 2 rings (SSSR count). The number of carbonyl (C=O) groups is 1. The Morgan fingerprint density at radius 3 is 2.25 bits per heavy atom. The van der Waals surface area contributed by atoms with Gasteiger partial charge in [-0.15, -0.1) is 0 Å². The maximum Gasteiger partial charge on any atom is 0.244 e. The van der Waals surface area contributed by atoms with Gasteiger partial charge in [-0.05, 0) is 47.2 Å². The second-order valence-electron chi connectivity index (χ2n) is 6.24. The Morgan fingerprint density at radius 1 is 1.04 bits per heavy atom. The maximum atomic E-state index is 11.9. The lowest BCUT2D eigenvalue weighted by molar-refractivity contribution is -0.116. The fourth-order valence-electron chi connectivity index (χ4n) is 2.40. The number of ether oxygens (including phenoxy) is 1. The first-order valence-corrected chi connectivity index (χ1v) is 8.24. The Balaban J connectivity index is 1.83. The molecule has 2 aromatic carbocycles. The molecule has 0 heterocycles. The molecule has 0 atom stereocenters. The third kappa shape index (κ3) is 5.92. The molecule has 2 aromatic rings. The molecule has 0 aromatic heterocycles.